The number of carbonyl (C=O) groups excluding carboxylic acids is 3. The van der Waals surface area contributed by atoms with Crippen molar-refractivity contribution < 1.29 is 34.4 Å². The zero-order chi connectivity index (χ0) is 34.2. The molecule has 4 aliphatic carbocycles. The maximum Gasteiger partial charge on any atom is 0.253 e. The van der Waals surface area contributed by atoms with Gasteiger partial charge in [-0.3, -0.25) is 19.3 Å². The van der Waals surface area contributed by atoms with Gasteiger partial charge in [0.1, 0.15) is 17.3 Å². The highest BCUT2D eigenvalue weighted by Crippen LogP contribution is 2.59. The number of hydrogen-bond donors (Lipinski definition) is 4. The van der Waals surface area contributed by atoms with Crippen molar-refractivity contribution in [3.63, 3.8) is 0 Å². The molecule has 1 aliphatic heterocycles. The number of rotatable bonds is 5. The summed E-state index contributed by atoms with van der Waals surface area (Å²) in [6.45, 7) is 2.91. The smallest absolute Gasteiger partial charge is 0.253 e. The first-order valence-electron chi connectivity index (χ1n) is 16.5. The van der Waals surface area contributed by atoms with Crippen LogP contribution in [0.5, 0.6) is 5.75 Å². The molecule has 48 heavy (non-hydrogen) atoms. The number of aliphatic hydroxyl groups is 2. The summed E-state index contributed by atoms with van der Waals surface area (Å²) in [5.74, 6) is -3.16. The summed E-state index contributed by atoms with van der Waals surface area (Å²) in [4.78, 5) is 47.1. The van der Waals surface area contributed by atoms with Crippen LogP contribution in [0.2, 0.25) is 0 Å². The number of ketones is 1. The zero-order valence-electron chi connectivity index (χ0n) is 27.7. The number of nitrogens with two attached hydrogens (primary N) is 1. The molecule has 2 aromatic rings. The van der Waals surface area contributed by atoms with E-state index in [2.05, 4.69) is 4.90 Å². The normalized spacial score (nSPS) is 27.2. The average Bonchev–Trinajstić information content (AvgIpc) is 3.89. The van der Waals surface area contributed by atoms with Gasteiger partial charge in [-0.1, -0.05) is 23.8 Å². The summed E-state index contributed by atoms with van der Waals surface area (Å²) in [6, 6.07) is 9.89. The van der Waals surface area contributed by atoms with Crippen molar-refractivity contribution >= 4 is 23.4 Å². The zero-order valence-corrected chi connectivity index (χ0v) is 27.7. The molecule has 5 aliphatic rings. The number of Topliss-reactive ketones (excluding diaryl/α,β-unsaturated/α-hetero) is 1. The van der Waals surface area contributed by atoms with Crippen LogP contribution in [-0.4, -0.2) is 114 Å². The summed E-state index contributed by atoms with van der Waals surface area (Å²) in [7, 11) is 7.00. The molecule has 11 heteroatoms. The average molecular weight is 655 g/mol. The third-order valence-corrected chi connectivity index (χ3v) is 11.0. The van der Waals surface area contributed by atoms with Crippen LogP contribution in [0.25, 0.3) is 16.9 Å². The molecule has 252 valence electrons. The number of likely N-dealkylation sites (N-methyl/N-ethyl adjacent to an activating group) is 2. The molecule has 2 aromatic carbocycles. The number of phenolic OH excluding ortho intramolecular Hbond substituents is 1. The maximum atomic E-state index is 14.9. The first kappa shape index (κ1) is 32.1. The number of carbonyl (C=O) groups is 3. The number of allylic oxidation sites excluding steroid dienone is 1. The monoisotopic (exact) mass is 654 g/mol. The predicted molar refractivity (Wildman–Crippen MR) is 179 cm³/mol. The summed E-state index contributed by atoms with van der Waals surface area (Å²) < 4.78 is 6.18. The van der Waals surface area contributed by atoms with Gasteiger partial charge in [0.2, 0.25) is 0 Å². The highest BCUT2D eigenvalue weighted by atomic mass is 16.5. The van der Waals surface area contributed by atoms with E-state index in [-0.39, 0.29) is 39.9 Å². The van der Waals surface area contributed by atoms with E-state index in [4.69, 9.17) is 10.5 Å². The Morgan fingerprint density at radius 2 is 1.75 bits per heavy atom. The van der Waals surface area contributed by atoms with Crippen molar-refractivity contribution in [1.29, 1.82) is 0 Å². The van der Waals surface area contributed by atoms with Gasteiger partial charge in [0, 0.05) is 55.9 Å². The van der Waals surface area contributed by atoms with Crippen molar-refractivity contribution in [3.05, 3.63) is 81.1 Å². The Balaban J connectivity index is 1.35. The third-order valence-electron chi connectivity index (χ3n) is 11.0. The molecule has 2 saturated carbocycles. The molecule has 0 aromatic heterocycles. The standard InChI is InChI=1S/C37H42N4O7/c1-39(2)31-25-18-22-17-24-23(20-6-5-7-21(16-20)36(47)41-14-12-40(3)13-15-41)10-11-26(42)28(24)32(43)27(22)34(45)37(25,48-4)30(19-8-9-19)29(33(31)44)35(38)46/h5-7,10-11,16,22,25,31,42-44H,8-9,12-15,17-18H2,1-4H3,(H2,38,46)/t22-,25-,31-,37+/m0/s1. The molecule has 11 nitrogen and oxygen atoms in total. The molecular formula is C37H42N4O7. The molecule has 1 saturated heterocycles. The van der Waals surface area contributed by atoms with Gasteiger partial charge in [-0.05, 0) is 87.6 Å². The van der Waals surface area contributed by atoms with E-state index in [1.807, 2.05) is 30.1 Å². The van der Waals surface area contributed by atoms with E-state index in [0.717, 1.165) is 29.8 Å². The first-order chi connectivity index (χ1) is 22.9. The van der Waals surface area contributed by atoms with Crippen molar-refractivity contribution in [2.75, 3.05) is 54.4 Å². The minimum Gasteiger partial charge on any atom is -0.510 e. The van der Waals surface area contributed by atoms with Crippen LogP contribution in [0.4, 0.5) is 0 Å². The number of benzene rings is 2. The van der Waals surface area contributed by atoms with Gasteiger partial charge in [-0.25, -0.2) is 0 Å². The van der Waals surface area contributed by atoms with Crippen LogP contribution >= 0.6 is 0 Å². The van der Waals surface area contributed by atoms with Crippen molar-refractivity contribution in [2.24, 2.45) is 17.6 Å². The lowest BCUT2D eigenvalue weighted by molar-refractivity contribution is -0.148. The van der Waals surface area contributed by atoms with E-state index in [1.165, 1.54) is 13.2 Å². The summed E-state index contributed by atoms with van der Waals surface area (Å²) >= 11 is 0. The number of hydrogen-bond acceptors (Lipinski definition) is 9. The Morgan fingerprint density at radius 1 is 1.04 bits per heavy atom. The Morgan fingerprint density at radius 3 is 2.38 bits per heavy atom. The number of ether oxygens (including phenoxy) is 1. The maximum absolute atomic E-state index is 14.9. The van der Waals surface area contributed by atoms with Gasteiger partial charge in [-0.2, -0.15) is 0 Å². The minimum absolute atomic E-state index is 0.0489. The van der Waals surface area contributed by atoms with E-state index in [1.54, 1.807) is 31.1 Å². The second-order valence-corrected chi connectivity index (χ2v) is 13.9. The summed E-state index contributed by atoms with van der Waals surface area (Å²) in [5, 5.41) is 34.7. The molecule has 0 spiro atoms. The van der Waals surface area contributed by atoms with Crippen LogP contribution in [-0.2, 0) is 20.7 Å². The minimum atomic E-state index is -1.67. The van der Waals surface area contributed by atoms with Crippen LogP contribution < -0.4 is 5.73 Å². The lowest BCUT2D eigenvalue weighted by Gasteiger charge is -2.54. The van der Waals surface area contributed by atoms with Gasteiger partial charge in [0.25, 0.3) is 11.8 Å². The summed E-state index contributed by atoms with van der Waals surface area (Å²) in [6.07, 6.45) is 1.92. The van der Waals surface area contributed by atoms with Gasteiger partial charge in [0.15, 0.2) is 11.4 Å². The number of piperazine rings is 1. The lowest BCUT2D eigenvalue weighted by atomic mass is 9.55. The van der Waals surface area contributed by atoms with E-state index >= 15 is 0 Å². The number of aromatic hydroxyl groups is 1. The number of primary amides is 1. The third kappa shape index (κ3) is 4.70. The number of aliphatic hydroxyl groups excluding tert-OH is 2. The number of methoxy groups -OCH3 is 1. The molecule has 5 N–H and O–H groups in total. The van der Waals surface area contributed by atoms with Gasteiger partial charge in [0.05, 0.1) is 17.2 Å². The quantitative estimate of drug-likeness (QED) is 0.380. The molecule has 0 radical (unpaired) electrons. The molecule has 0 unspecified atom stereocenters. The molecular weight excluding hydrogens is 612 g/mol. The Kier molecular flexibility index (Phi) is 7.77. The second-order valence-electron chi connectivity index (χ2n) is 13.9. The Bertz CT molecular complexity index is 1850. The fraction of sp³-hybridized carbons (Fsp3) is 0.432. The predicted octanol–water partition coefficient (Wildman–Crippen LogP) is 3.19. The number of fused-ring (bicyclic) bond motifs is 3. The number of amides is 2. The molecule has 0 bridgehead atoms. The van der Waals surface area contributed by atoms with Crippen LogP contribution in [0.3, 0.4) is 0 Å². The fourth-order valence-corrected chi connectivity index (χ4v) is 8.66. The van der Waals surface area contributed by atoms with E-state index < -0.39 is 35.2 Å². The molecule has 7 rings (SSSR count). The van der Waals surface area contributed by atoms with Crippen molar-refractivity contribution in [2.45, 2.75) is 37.3 Å². The lowest BCUT2D eigenvalue weighted by Crippen LogP contribution is -2.64. The van der Waals surface area contributed by atoms with Crippen molar-refractivity contribution in [1.82, 2.24) is 14.7 Å². The van der Waals surface area contributed by atoms with Gasteiger partial charge >= 0.3 is 0 Å². The highest BCUT2D eigenvalue weighted by Gasteiger charge is 2.65. The molecule has 2 amide bonds. The van der Waals surface area contributed by atoms with E-state index in [0.29, 0.717) is 55.5 Å². The summed E-state index contributed by atoms with van der Waals surface area (Å²) in [5.41, 5.74) is 8.23. The van der Waals surface area contributed by atoms with Crippen molar-refractivity contribution in [3.8, 4) is 16.9 Å². The highest BCUT2D eigenvalue weighted by molar-refractivity contribution is 6.14. The van der Waals surface area contributed by atoms with Gasteiger partial charge in [-0.15, -0.1) is 0 Å². The fourth-order valence-electron chi connectivity index (χ4n) is 8.66. The van der Waals surface area contributed by atoms with E-state index in [9.17, 15) is 29.7 Å². The first-order valence-corrected chi connectivity index (χ1v) is 16.5. The number of phenols is 1. The Labute approximate surface area is 279 Å². The van der Waals surface area contributed by atoms with Crippen LogP contribution in [0, 0.1) is 11.8 Å². The number of nitrogens with zero attached hydrogens (tertiary/aromatic N) is 3. The van der Waals surface area contributed by atoms with Crippen LogP contribution in [0.15, 0.2) is 64.4 Å². The Hall–Kier alpha value is -4.45. The van der Waals surface area contributed by atoms with Gasteiger partial charge < -0.3 is 35.6 Å². The molecule has 1 heterocycles. The molecule has 3 fully saturated rings. The SMILES string of the molecule is CO[C@]12C(=O)C3=C(O)c4c(O)ccc(-c5cccc(C(=O)N6CCN(C)CC6)c5)c4C[C@H]3C[C@H]1[C@H](N(C)C)C(O)=C(C(N)=O)C2=C1CC1. The van der Waals surface area contributed by atoms with Crippen LogP contribution in [0.1, 0.15) is 40.7 Å². The topological polar surface area (TPSA) is 157 Å². The largest absolute Gasteiger partial charge is 0.510 e. The molecule has 4 atom stereocenters. The second kappa shape index (κ2) is 11.6.